The minimum Gasteiger partial charge on any atom is -0.481 e. The summed E-state index contributed by atoms with van der Waals surface area (Å²) >= 11 is 0. The first kappa shape index (κ1) is 24.5. The van der Waals surface area contributed by atoms with Gasteiger partial charge < -0.3 is 20.1 Å². The Morgan fingerprint density at radius 1 is 1.14 bits per heavy atom. The van der Waals surface area contributed by atoms with Crippen molar-refractivity contribution in [3.8, 4) is 11.1 Å². The molecule has 1 heterocycles. The molecule has 35 heavy (non-hydrogen) atoms. The highest BCUT2D eigenvalue weighted by Crippen LogP contribution is 2.44. The number of nitrogens with one attached hydrogen (secondary N) is 1. The summed E-state index contributed by atoms with van der Waals surface area (Å²) in [6.45, 7) is 6.69. The number of hydrogen-bond donors (Lipinski definition) is 2. The molecule has 7 heteroatoms. The van der Waals surface area contributed by atoms with E-state index in [2.05, 4.69) is 36.2 Å². The van der Waals surface area contributed by atoms with Crippen LogP contribution >= 0.6 is 0 Å². The largest absolute Gasteiger partial charge is 0.481 e. The number of likely N-dealkylation sites (tertiary alicyclic amines) is 1. The Hall–Kier alpha value is -3.61. The van der Waals surface area contributed by atoms with Crippen LogP contribution in [0.25, 0.3) is 11.1 Å². The third-order valence-corrected chi connectivity index (χ3v) is 7.12. The van der Waals surface area contributed by atoms with Crippen LogP contribution in [0.4, 0.5) is 4.79 Å². The lowest BCUT2D eigenvalue weighted by Gasteiger charge is -2.47. The molecule has 0 saturated carbocycles. The minimum absolute atomic E-state index is 0.0127. The Balaban J connectivity index is 1.19. The molecule has 2 N–H and O–H groups in total. The summed E-state index contributed by atoms with van der Waals surface area (Å²) in [5, 5.41) is 12.2. The van der Waals surface area contributed by atoms with Gasteiger partial charge in [0.2, 0.25) is 5.91 Å². The number of carbonyl (C=O) groups excluding carboxylic acids is 2. The van der Waals surface area contributed by atoms with E-state index in [1.54, 1.807) is 11.0 Å². The molecule has 0 spiro atoms. The molecule has 0 bridgehead atoms. The van der Waals surface area contributed by atoms with Crippen molar-refractivity contribution in [1.82, 2.24) is 10.2 Å². The highest BCUT2D eigenvalue weighted by molar-refractivity contribution is 5.83. The van der Waals surface area contributed by atoms with Crippen molar-refractivity contribution in [3.05, 3.63) is 72.3 Å². The van der Waals surface area contributed by atoms with E-state index in [0.717, 1.165) is 0 Å². The van der Waals surface area contributed by atoms with Crippen LogP contribution in [0.2, 0.25) is 0 Å². The maximum Gasteiger partial charge on any atom is 0.407 e. The summed E-state index contributed by atoms with van der Waals surface area (Å²) in [5.41, 5.74) is 3.80. The molecule has 2 aromatic carbocycles. The summed E-state index contributed by atoms with van der Waals surface area (Å²) < 4.78 is 5.56. The summed E-state index contributed by atoms with van der Waals surface area (Å²) in [4.78, 5) is 37.9. The molecule has 1 unspecified atom stereocenters. The van der Waals surface area contributed by atoms with Crippen molar-refractivity contribution in [2.75, 3.05) is 26.2 Å². The van der Waals surface area contributed by atoms with Gasteiger partial charge in [-0.1, -0.05) is 61.5 Å². The van der Waals surface area contributed by atoms with Crippen LogP contribution in [0.5, 0.6) is 0 Å². The van der Waals surface area contributed by atoms with E-state index in [4.69, 9.17) is 4.74 Å². The SMILES string of the molecule is C=CCC1(C(=O)O)CN(C(=O)CCC(C)CNC(=O)OCC2c3ccccc3-c3ccccc32)C1. The maximum atomic E-state index is 12.4. The van der Waals surface area contributed by atoms with E-state index in [1.165, 1.54) is 22.3 Å². The van der Waals surface area contributed by atoms with Crippen LogP contribution in [0.3, 0.4) is 0 Å². The van der Waals surface area contributed by atoms with Crippen LogP contribution in [-0.4, -0.2) is 54.2 Å². The molecule has 2 aromatic rings. The molecule has 2 amide bonds. The van der Waals surface area contributed by atoms with Gasteiger partial charge in [0.15, 0.2) is 0 Å². The highest BCUT2D eigenvalue weighted by Gasteiger charge is 2.50. The van der Waals surface area contributed by atoms with E-state index < -0.39 is 17.5 Å². The number of benzene rings is 2. The van der Waals surface area contributed by atoms with Crippen molar-refractivity contribution in [1.29, 1.82) is 0 Å². The van der Waals surface area contributed by atoms with E-state index in [0.29, 0.717) is 25.8 Å². The number of carboxylic acid groups (broad SMARTS) is 1. The van der Waals surface area contributed by atoms with Crippen molar-refractivity contribution >= 4 is 18.0 Å². The average Bonchev–Trinajstić information content (AvgIpc) is 3.15. The van der Waals surface area contributed by atoms with Gasteiger partial charge in [0, 0.05) is 32.0 Å². The van der Waals surface area contributed by atoms with Gasteiger partial charge in [-0.05, 0) is 41.0 Å². The zero-order valence-corrected chi connectivity index (χ0v) is 20.0. The van der Waals surface area contributed by atoms with Crippen molar-refractivity contribution in [3.63, 3.8) is 0 Å². The van der Waals surface area contributed by atoms with E-state index in [1.807, 2.05) is 31.2 Å². The normalized spacial score (nSPS) is 16.4. The van der Waals surface area contributed by atoms with Gasteiger partial charge in [-0.25, -0.2) is 4.79 Å². The second kappa shape index (κ2) is 10.3. The lowest BCUT2D eigenvalue weighted by atomic mass is 9.76. The van der Waals surface area contributed by atoms with Crippen molar-refractivity contribution in [2.45, 2.75) is 32.1 Å². The molecular formula is C28H32N2O5. The first-order valence-corrected chi connectivity index (χ1v) is 12.1. The van der Waals surface area contributed by atoms with Crippen LogP contribution in [0, 0.1) is 11.3 Å². The first-order valence-electron chi connectivity index (χ1n) is 12.1. The number of aliphatic carboxylic acids is 1. The average molecular weight is 477 g/mol. The predicted molar refractivity (Wildman–Crippen MR) is 133 cm³/mol. The number of hydrogen-bond acceptors (Lipinski definition) is 4. The third-order valence-electron chi connectivity index (χ3n) is 7.12. The summed E-state index contributed by atoms with van der Waals surface area (Å²) in [6.07, 6.45) is 2.39. The van der Waals surface area contributed by atoms with E-state index in [9.17, 15) is 19.5 Å². The molecular weight excluding hydrogens is 444 g/mol. The third kappa shape index (κ3) is 5.09. The van der Waals surface area contributed by atoms with Gasteiger partial charge in [0.1, 0.15) is 12.0 Å². The zero-order valence-electron chi connectivity index (χ0n) is 20.0. The molecule has 184 valence electrons. The number of fused-ring (bicyclic) bond motifs is 3. The smallest absolute Gasteiger partial charge is 0.407 e. The van der Waals surface area contributed by atoms with Crippen LogP contribution in [0.1, 0.15) is 43.2 Å². The first-order chi connectivity index (χ1) is 16.8. The monoisotopic (exact) mass is 476 g/mol. The topological polar surface area (TPSA) is 95.9 Å². The molecule has 1 fully saturated rings. The van der Waals surface area contributed by atoms with E-state index in [-0.39, 0.29) is 37.4 Å². The van der Waals surface area contributed by atoms with Gasteiger partial charge in [0.05, 0.1) is 0 Å². The lowest BCUT2D eigenvalue weighted by molar-refractivity contribution is -0.165. The predicted octanol–water partition coefficient (Wildman–Crippen LogP) is 4.43. The Bertz CT molecular complexity index is 1080. The summed E-state index contributed by atoms with van der Waals surface area (Å²) in [5.74, 6) is -0.849. The number of carbonyl (C=O) groups is 3. The fraction of sp³-hybridized carbons (Fsp3) is 0.393. The van der Waals surface area contributed by atoms with Crippen LogP contribution in [0.15, 0.2) is 61.2 Å². The van der Waals surface area contributed by atoms with Gasteiger partial charge in [-0.2, -0.15) is 0 Å². The molecule has 0 aromatic heterocycles. The Morgan fingerprint density at radius 3 is 2.31 bits per heavy atom. The summed E-state index contributed by atoms with van der Waals surface area (Å²) in [7, 11) is 0. The minimum atomic E-state index is -0.894. The lowest BCUT2D eigenvalue weighted by Crippen LogP contribution is -2.61. The Labute approximate surface area is 205 Å². The second-order valence-corrected chi connectivity index (χ2v) is 9.68. The van der Waals surface area contributed by atoms with Gasteiger partial charge in [-0.15, -0.1) is 6.58 Å². The number of rotatable bonds is 10. The number of ether oxygens (including phenoxy) is 1. The van der Waals surface area contributed by atoms with E-state index >= 15 is 0 Å². The number of carboxylic acids is 1. The molecule has 1 saturated heterocycles. The van der Waals surface area contributed by atoms with Crippen molar-refractivity contribution in [2.24, 2.45) is 11.3 Å². The number of allylic oxidation sites excluding steroid dienone is 1. The quantitative estimate of drug-likeness (QED) is 0.495. The molecule has 4 rings (SSSR count). The second-order valence-electron chi connectivity index (χ2n) is 9.68. The molecule has 2 aliphatic rings. The molecule has 1 atom stereocenters. The molecule has 1 aliphatic heterocycles. The Morgan fingerprint density at radius 2 is 1.74 bits per heavy atom. The van der Waals surface area contributed by atoms with Gasteiger partial charge in [-0.3, -0.25) is 9.59 Å². The standard InChI is InChI=1S/C28H32N2O5/c1-3-14-28(26(32)33)17-30(18-28)25(31)13-12-19(2)15-29-27(34)35-16-24-22-10-6-4-8-20(22)21-9-5-7-11-23(21)24/h3-11,19,24H,1,12-18H2,2H3,(H,29,34)(H,32,33). The van der Waals surface area contributed by atoms with Crippen LogP contribution in [-0.2, 0) is 14.3 Å². The molecule has 7 nitrogen and oxygen atoms in total. The molecule has 1 aliphatic carbocycles. The Kier molecular flexibility index (Phi) is 7.24. The summed E-state index contributed by atoms with van der Waals surface area (Å²) in [6, 6.07) is 16.4. The van der Waals surface area contributed by atoms with Gasteiger partial charge in [0.25, 0.3) is 0 Å². The maximum absolute atomic E-state index is 12.4. The fourth-order valence-corrected chi connectivity index (χ4v) is 5.03. The number of nitrogens with zero attached hydrogens (tertiary/aromatic N) is 1. The van der Waals surface area contributed by atoms with Crippen molar-refractivity contribution < 1.29 is 24.2 Å². The molecule has 0 radical (unpaired) electrons. The zero-order chi connectivity index (χ0) is 25.0. The number of amides is 2. The van der Waals surface area contributed by atoms with Gasteiger partial charge >= 0.3 is 12.1 Å². The fourth-order valence-electron chi connectivity index (χ4n) is 5.03. The number of alkyl carbamates (subject to hydrolysis) is 1. The highest BCUT2D eigenvalue weighted by atomic mass is 16.5. The van der Waals surface area contributed by atoms with Crippen LogP contribution < -0.4 is 5.32 Å².